The van der Waals surface area contributed by atoms with Crippen LogP contribution >= 0.6 is 0 Å². The molecule has 4 heteroatoms. The minimum atomic E-state index is -0.271. The van der Waals surface area contributed by atoms with E-state index in [1.54, 1.807) is 54.6 Å². The molecule has 0 spiro atoms. The third kappa shape index (κ3) is 2.46. The van der Waals surface area contributed by atoms with Crippen molar-refractivity contribution >= 4 is 24.2 Å². The van der Waals surface area contributed by atoms with Gasteiger partial charge in [0.05, 0.1) is 11.1 Å². The van der Waals surface area contributed by atoms with Crippen molar-refractivity contribution in [3.05, 3.63) is 76.9 Å². The number of carbonyl (C=O) groups excluding carboxylic acids is 3. The molecule has 1 heterocycles. The Balaban J connectivity index is 1.75. The van der Waals surface area contributed by atoms with E-state index in [-0.39, 0.29) is 18.4 Å². The maximum Gasteiger partial charge on any atom is 0.261 e. The monoisotopic (exact) mass is 291 g/mol. The number of imide groups is 1. The quantitative estimate of drug-likeness (QED) is 0.643. The van der Waals surface area contributed by atoms with Crippen molar-refractivity contribution < 1.29 is 14.4 Å². The number of carbonyl (C=O) groups is 3. The zero-order valence-electron chi connectivity index (χ0n) is 11.7. The number of hydrogen-bond acceptors (Lipinski definition) is 3. The first kappa shape index (κ1) is 13.9. The molecular weight excluding hydrogens is 278 g/mol. The lowest BCUT2D eigenvalue weighted by molar-refractivity contribution is 0.0672. The number of aldehydes is 1. The molecule has 22 heavy (non-hydrogen) atoms. The third-order valence-electron chi connectivity index (χ3n) is 3.52. The fourth-order valence-electron chi connectivity index (χ4n) is 2.44. The second kappa shape index (κ2) is 5.77. The number of rotatable bonds is 4. The van der Waals surface area contributed by atoms with Crippen LogP contribution in [0.2, 0.25) is 0 Å². The minimum Gasteiger partial charge on any atom is -0.298 e. The summed E-state index contributed by atoms with van der Waals surface area (Å²) in [5.41, 5.74) is 2.33. The van der Waals surface area contributed by atoms with Gasteiger partial charge in [0.1, 0.15) is 6.29 Å². The summed E-state index contributed by atoms with van der Waals surface area (Å²) >= 11 is 0. The summed E-state index contributed by atoms with van der Waals surface area (Å²) in [7, 11) is 0. The van der Waals surface area contributed by atoms with Crippen molar-refractivity contribution in [2.75, 3.05) is 6.54 Å². The van der Waals surface area contributed by atoms with Gasteiger partial charge in [-0.1, -0.05) is 42.5 Å². The lowest BCUT2D eigenvalue weighted by atomic mass is 10.1. The van der Waals surface area contributed by atoms with E-state index in [1.165, 1.54) is 4.90 Å². The van der Waals surface area contributed by atoms with Gasteiger partial charge in [-0.05, 0) is 23.8 Å². The molecule has 0 fully saturated rings. The molecule has 2 aromatic rings. The Bertz CT molecular complexity index is 757. The predicted octanol–water partition coefficient (Wildman–Crippen LogP) is 2.81. The van der Waals surface area contributed by atoms with Crippen LogP contribution in [0.25, 0.3) is 6.08 Å². The van der Waals surface area contributed by atoms with E-state index in [0.717, 1.165) is 11.8 Å². The van der Waals surface area contributed by atoms with Gasteiger partial charge < -0.3 is 0 Å². The Morgan fingerprint density at radius 3 is 2.14 bits per heavy atom. The lowest BCUT2D eigenvalue weighted by Crippen LogP contribution is -2.29. The molecule has 0 aromatic heterocycles. The Hall–Kier alpha value is -3.01. The van der Waals surface area contributed by atoms with Crippen LogP contribution in [-0.4, -0.2) is 29.5 Å². The molecule has 0 saturated heterocycles. The summed E-state index contributed by atoms with van der Waals surface area (Å²) < 4.78 is 0. The zero-order valence-corrected chi connectivity index (χ0v) is 11.7. The van der Waals surface area contributed by atoms with E-state index in [1.807, 2.05) is 6.07 Å². The molecule has 0 saturated carbocycles. The van der Waals surface area contributed by atoms with E-state index in [0.29, 0.717) is 16.7 Å². The summed E-state index contributed by atoms with van der Waals surface area (Å²) in [6.45, 7) is 0.206. The van der Waals surface area contributed by atoms with Crippen LogP contribution in [0.1, 0.15) is 36.6 Å². The van der Waals surface area contributed by atoms with Crippen molar-refractivity contribution in [2.45, 2.75) is 0 Å². The Morgan fingerprint density at radius 1 is 0.864 bits per heavy atom. The summed E-state index contributed by atoms with van der Waals surface area (Å²) in [4.78, 5) is 36.3. The van der Waals surface area contributed by atoms with Crippen LogP contribution in [0.5, 0.6) is 0 Å². The molecule has 1 aliphatic heterocycles. The van der Waals surface area contributed by atoms with Crippen molar-refractivity contribution in [1.29, 1.82) is 0 Å². The number of fused-ring (bicyclic) bond motifs is 1. The molecule has 108 valence electrons. The van der Waals surface area contributed by atoms with Gasteiger partial charge >= 0.3 is 0 Å². The topological polar surface area (TPSA) is 54.5 Å². The highest BCUT2D eigenvalue weighted by molar-refractivity contribution is 6.21. The number of hydrogen-bond donors (Lipinski definition) is 0. The van der Waals surface area contributed by atoms with E-state index in [9.17, 15) is 14.4 Å². The molecule has 2 amide bonds. The van der Waals surface area contributed by atoms with Crippen LogP contribution in [0.4, 0.5) is 0 Å². The smallest absolute Gasteiger partial charge is 0.261 e. The first-order valence-electron chi connectivity index (χ1n) is 6.88. The van der Waals surface area contributed by atoms with Crippen molar-refractivity contribution in [3.8, 4) is 0 Å². The number of amides is 2. The molecule has 0 bridgehead atoms. The summed E-state index contributed by atoms with van der Waals surface area (Å²) in [5.74, 6) is -0.543. The summed E-state index contributed by atoms with van der Waals surface area (Å²) in [6, 6.07) is 13.9. The number of benzene rings is 2. The predicted molar refractivity (Wildman–Crippen MR) is 82.7 cm³/mol. The molecule has 0 aliphatic carbocycles. The fourth-order valence-corrected chi connectivity index (χ4v) is 2.44. The average molecular weight is 291 g/mol. The number of nitrogens with zero attached hydrogens (tertiary/aromatic N) is 1. The molecule has 0 atom stereocenters. The maximum atomic E-state index is 12.2. The van der Waals surface area contributed by atoms with Gasteiger partial charge in [-0.15, -0.1) is 0 Å². The molecule has 0 N–H and O–H groups in total. The second-order valence-electron chi connectivity index (χ2n) is 4.96. The van der Waals surface area contributed by atoms with Crippen molar-refractivity contribution in [1.82, 2.24) is 4.90 Å². The SMILES string of the molecule is O=Cc1cccc(C=CCN2C(=O)c3ccccc3C2=O)c1. The molecule has 3 rings (SSSR count). The Kier molecular flexibility index (Phi) is 3.66. The van der Waals surface area contributed by atoms with E-state index in [4.69, 9.17) is 0 Å². The van der Waals surface area contributed by atoms with Gasteiger partial charge in [0.2, 0.25) is 0 Å². The molecular formula is C18H13NO3. The van der Waals surface area contributed by atoms with Gasteiger partial charge in [-0.25, -0.2) is 0 Å². The Morgan fingerprint density at radius 2 is 1.50 bits per heavy atom. The van der Waals surface area contributed by atoms with E-state index >= 15 is 0 Å². The minimum absolute atomic E-state index is 0.206. The zero-order chi connectivity index (χ0) is 15.5. The highest BCUT2D eigenvalue weighted by atomic mass is 16.2. The van der Waals surface area contributed by atoms with E-state index < -0.39 is 0 Å². The standard InChI is InChI=1S/C18H13NO3/c20-12-14-6-3-5-13(11-14)7-4-10-19-17(21)15-8-1-2-9-16(15)18(19)22/h1-9,11-12H,10H2. The fraction of sp³-hybridized carbons (Fsp3) is 0.0556. The maximum absolute atomic E-state index is 12.2. The third-order valence-corrected chi connectivity index (χ3v) is 3.52. The molecule has 0 unspecified atom stereocenters. The van der Waals surface area contributed by atoms with Crippen LogP contribution in [0.3, 0.4) is 0 Å². The first-order chi connectivity index (χ1) is 10.7. The second-order valence-corrected chi connectivity index (χ2v) is 4.96. The van der Waals surface area contributed by atoms with Crippen molar-refractivity contribution in [2.24, 2.45) is 0 Å². The lowest BCUT2D eigenvalue weighted by Gasteiger charge is -2.10. The molecule has 1 aliphatic rings. The largest absolute Gasteiger partial charge is 0.298 e. The Labute approximate surface area is 127 Å². The van der Waals surface area contributed by atoms with Gasteiger partial charge in [-0.2, -0.15) is 0 Å². The van der Waals surface area contributed by atoms with E-state index in [2.05, 4.69) is 0 Å². The summed E-state index contributed by atoms with van der Waals surface area (Å²) in [6.07, 6.45) is 4.31. The first-order valence-corrected chi connectivity index (χ1v) is 6.88. The highest BCUT2D eigenvalue weighted by Crippen LogP contribution is 2.22. The average Bonchev–Trinajstić information content (AvgIpc) is 2.80. The van der Waals surface area contributed by atoms with Gasteiger partial charge in [0, 0.05) is 12.1 Å². The van der Waals surface area contributed by atoms with Crippen molar-refractivity contribution in [3.63, 3.8) is 0 Å². The van der Waals surface area contributed by atoms with Gasteiger partial charge in [-0.3, -0.25) is 19.3 Å². The normalized spacial score (nSPS) is 13.7. The van der Waals surface area contributed by atoms with Crippen LogP contribution < -0.4 is 0 Å². The summed E-state index contributed by atoms with van der Waals surface area (Å²) in [5, 5.41) is 0. The van der Waals surface area contributed by atoms with Gasteiger partial charge in [0.25, 0.3) is 11.8 Å². The van der Waals surface area contributed by atoms with Crippen LogP contribution in [-0.2, 0) is 0 Å². The van der Waals surface area contributed by atoms with Crippen LogP contribution in [0, 0.1) is 0 Å². The molecule has 4 nitrogen and oxygen atoms in total. The van der Waals surface area contributed by atoms with Crippen LogP contribution in [0.15, 0.2) is 54.6 Å². The van der Waals surface area contributed by atoms with Gasteiger partial charge in [0.15, 0.2) is 0 Å². The molecule has 2 aromatic carbocycles. The highest BCUT2D eigenvalue weighted by Gasteiger charge is 2.33. The molecule has 0 radical (unpaired) electrons.